The van der Waals surface area contributed by atoms with E-state index >= 15 is 0 Å². The van der Waals surface area contributed by atoms with Crippen LogP contribution in [0.15, 0.2) is 11.1 Å². The lowest BCUT2D eigenvalue weighted by Gasteiger charge is -2.50. The summed E-state index contributed by atoms with van der Waals surface area (Å²) in [5.74, 6) is 1.82. The van der Waals surface area contributed by atoms with Gasteiger partial charge in [-0.15, -0.1) is 0 Å². The lowest BCUT2D eigenvalue weighted by molar-refractivity contribution is -0.0201. The maximum Gasteiger partial charge on any atom is 0.223 e. The van der Waals surface area contributed by atoms with Crippen LogP contribution in [-0.4, -0.2) is 63.6 Å². The first-order chi connectivity index (χ1) is 13.7. The summed E-state index contributed by atoms with van der Waals surface area (Å²) >= 11 is 0. The van der Waals surface area contributed by atoms with Crippen LogP contribution in [0.1, 0.15) is 65.1 Å². The van der Waals surface area contributed by atoms with Gasteiger partial charge in [0.1, 0.15) is 5.82 Å². The van der Waals surface area contributed by atoms with Crippen LogP contribution in [0.3, 0.4) is 0 Å². The van der Waals surface area contributed by atoms with E-state index in [0.29, 0.717) is 5.41 Å². The van der Waals surface area contributed by atoms with Gasteiger partial charge in [0.05, 0.1) is 6.10 Å². The number of hydrogen-bond acceptors (Lipinski definition) is 5. The molecule has 1 aromatic heterocycles. The van der Waals surface area contributed by atoms with Crippen LogP contribution in [0, 0.1) is 17.8 Å². The smallest absolute Gasteiger partial charge is 0.223 e. The van der Waals surface area contributed by atoms with E-state index in [2.05, 4.69) is 40.7 Å². The molecule has 4 rings (SSSR count). The van der Waals surface area contributed by atoms with E-state index in [1.807, 2.05) is 18.7 Å². The Morgan fingerprint density at radius 2 is 1.86 bits per heavy atom. The quantitative estimate of drug-likeness (QED) is 0.788. The van der Waals surface area contributed by atoms with Crippen molar-refractivity contribution in [1.29, 1.82) is 0 Å². The highest BCUT2D eigenvalue weighted by Gasteiger charge is 2.43. The average molecular weight is 402 g/mol. The van der Waals surface area contributed by atoms with Crippen LogP contribution in [0.2, 0.25) is 0 Å². The summed E-state index contributed by atoms with van der Waals surface area (Å²) in [6.07, 6.45) is 6.81. The highest BCUT2D eigenvalue weighted by Crippen LogP contribution is 2.44. The minimum atomic E-state index is -0.208. The van der Waals surface area contributed by atoms with Gasteiger partial charge in [0, 0.05) is 39.8 Å². The lowest BCUT2D eigenvalue weighted by Crippen LogP contribution is -2.54. The number of allylic oxidation sites excluding steroid dienone is 1. The Hall–Kier alpha value is -1.40. The molecule has 2 fully saturated rings. The second-order valence-corrected chi connectivity index (χ2v) is 10.6. The minimum absolute atomic E-state index is 0.208. The van der Waals surface area contributed by atoms with Gasteiger partial charge in [0.15, 0.2) is 0 Å². The van der Waals surface area contributed by atoms with Crippen LogP contribution in [-0.2, 0) is 7.05 Å². The molecule has 3 aliphatic rings. The highest BCUT2D eigenvalue weighted by molar-refractivity contribution is 5.31. The molecule has 1 aliphatic carbocycles. The third-order valence-corrected chi connectivity index (χ3v) is 7.72. The Balaban J connectivity index is 1.45. The molecule has 0 bridgehead atoms. The van der Waals surface area contributed by atoms with E-state index < -0.39 is 0 Å². The normalized spacial score (nSPS) is 27.7. The summed E-state index contributed by atoms with van der Waals surface area (Å²) in [6, 6.07) is 0. The summed E-state index contributed by atoms with van der Waals surface area (Å²) < 4.78 is 1.90. The molecule has 1 aromatic rings. The maximum absolute atomic E-state index is 10.8. The topological polar surface area (TPSA) is 57.4 Å². The number of aromatic nitrogens is 3. The zero-order valence-corrected chi connectivity index (χ0v) is 19.0. The molecule has 0 amide bonds. The second-order valence-electron chi connectivity index (χ2n) is 10.6. The van der Waals surface area contributed by atoms with Gasteiger partial charge in [0.25, 0.3) is 0 Å². The first kappa shape index (κ1) is 20.9. The van der Waals surface area contributed by atoms with Gasteiger partial charge < -0.3 is 10.0 Å². The highest BCUT2D eigenvalue weighted by atomic mass is 16.3. The van der Waals surface area contributed by atoms with E-state index in [-0.39, 0.29) is 11.5 Å². The molecule has 2 aliphatic heterocycles. The van der Waals surface area contributed by atoms with Gasteiger partial charge >= 0.3 is 0 Å². The molecule has 1 atom stereocenters. The fourth-order valence-corrected chi connectivity index (χ4v) is 6.15. The fourth-order valence-electron chi connectivity index (χ4n) is 6.15. The van der Waals surface area contributed by atoms with Crippen molar-refractivity contribution in [3.05, 3.63) is 17.0 Å². The average Bonchev–Trinajstić information content (AvgIpc) is 2.96. The third kappa shape index (κ3) is 4.24. The summed E-state index contributed by atoms with van der Waals surface area (Å²) in [5, 5.41) is 15.2. The van der Waals surface area contributed by atoms with E-state index in [4.69, 9.17) is 0 Å². The molecule has 2 saturated heterocycles. The summed E-state index contributed by atoms with van der Waals surface area (Å²) in [6.45, 7) is 14.1. The van der Waals surface area contributed by atoms with Crippen molar-refractivity contribution in [3.8, 4) is 0 Å². The number of aliphatic hydroxyl groups is 1. The van der Waals surface area contributed by atoms with Gasteiger partial charge in [-0.3, -0.25) is 4.90 Å². The Morgan fingerprint density at radius 3 is 2.48 bits per heavy atom. The first-order valence-electron chi connectivity index (χ1n) is 11.4. The molecule has 1 unspecified atom stereocenters. The van der Waals surface area contributed by atoms with Crippen molar-refractivity contribution in [2.75, 3.05) is 37.6 Å². The number of anilines is 1. The van der Waals surface area contributed by atoms with Gasteiger partial charge in [-0.05, 0) is 63.2 Å². The monoisotopic (exact) mass is 401 g/mol. The van der Waals surface area contributed by atoms with Gasteiger partial charge in [0.2, 0.25) is 5.95 Å². The predicted octanol–water partition coefficient (Wildman–Crippen LogP) is 3.30. The zero-order valence-electron chi connectivity index (χ0n) is 19.0. The number of aliphatic hydroxyl groups excluding tert-OH is 1. The number of β-amino-alcohol motifs (C(OH)–C–C–N with tert-alkyl or cyclic N) is 1. The summed E-state index contributed by atoms with van der Waals surface area (Å²) in [5.41, 5.74) is 3.74. The maximum atomic E-state index is 10.8. The van der Waals surface area contributed by atoms with Crippen molar-refractivity contribution in [1.82, 2.24) is 19.7 Å². The third-order valence-electron chi connectivity index (χ3n) is 7.72. The number of piperidine rings is 2. The van der Waals surface area contributed by atoms with Crippen LogP contribution >= 0.6 is 0 Å². The number of nitrogens with zero attached hydrogens (tertiary/aromatic N) is 5. The Morgan fingerprint density at radius 1 is 1.14 bits per heavy atom. The van der Waals surface area contributed by atoms with Crippen molar-refractivity contribution in [3.63, 3.8) is 0 Å². The first-order valence-corrected chi connectivity index (χ1v) is 11.4. The van der Waals surface area contributed by atoms with Crippen molar-refractivity contribution >= 4 is 5.95 Å². The van der Waals surface area contributed by atoms with Crippen LogP contribution in [0.4, 0.5) is 5.95 Å². The van der Waals surface area contributed by atoms with Gasteiger partial charge in [-0.25, -0.2) is 4.68 Å². The molecule has 0 saturated carbocycles. The van der Waals surface area contributed by atoms with Crippen LogP contribution in [0.25, 0.3) is 0 Å². The van der Waals surface area contributed by atoms with E-state index in [1.54, 1.807) is 11.1 Å². The van der Waals surface area contributed by atoms with Crippen molar-refractivity contribution in [2.45, 2.75) is 72.3 Å². The van der Waals surface area contributed by atoms with E-state index in [1.165, 1.54) is 19.3 Å². The Bertz CT molecular complexity index is 772. The molecule has 1 spiro atoms. The molecule has 0 aromatic carbocycles. The molecule has 6 heteroatoms. The van der Waals surface area contributed by atoms with Crippen LogP contribution < -0.4 is 4.90 Å². The number of likely N-dealkylation sites (tertiary alicyclic amines) is 1. The van der Waals surface area contributed by atoms with Crippen LogP contribution in [0.5, 0.6) is 0 Å². The molecular weight excluding hydrogens is 362 g/mol. The van der Waals surface area contributed by atoms with E-state index in [0.717, 1.165) is 63.8 Å². The molecule has 3 heterocycles. The molecule has 1 N–H and O–H groups in total. The van der Waals surface area contributed by atoms with Crippen molar-refractivity contribution in [2.24, 2.45) is 17.9 Å². The van der Waals surface area contributed by atoms with E-state index in [9.17, 15) is 5.11 Å². The van der Waals surface area contributed by atoms with Gasteiger partial charge in [-0.2, -0.15) is 10.1 Å². The largest absolute Gasteiger partial charge is 0.392 e. The molecule has 6 nitrogen and oxygen atoms in total. The molecule has 162 valence electrons. The molecule has 0 radical (unpaired) electrons. The predicted molar refractivity (Wildman–Crippen MR) is 117 cm³/mol. The fraction of sp³-hybridized carbons (Fsp3) is 0.826. The Labute approximate surface area is 176 Å². The SMILES string of the molecule is CC1=C(CN2CC(O)CC3(CCN(c4nc(C)nn4C)CC3)C2)C(C)(C)CCC1. The number of rotatable bonds is 3. The van der Waals surface area contributed by atoms with Crippen molar-refractivity contribution < 1.29 is 5.11 Å². The zero-order chi connectivity index (χ0) is 20.8. The minimum Gasteiger partial charge on any atom is -0.392 e. The number of aryl methyl sites for hydroxylation is 2. The summed E-state index contributed by atoms with van der Waals surface area (Å²) in [4.78, 5) is 9.54. The second kappa shape index (κ2) is 7.69. The lowest BCUT2D eigenvalue weighted by atomic mass is 9.70. The molecule has 29 heavy (non-hydrogen) atoms. The Kier molecular flexibility index (Phi) is 5.53. The number of hydrogen-bond donors (Lipinski definition) is 1. The molecular formula is C23H39N5O. The standard InChI is InChI=1S/C23H39N5O/c1-17-7-6-8-22(3,4)20(17)15-27-14-19(29)13-23(16-27)9-11-28(12-10-23)21-24-18(2)25-26(21)5/h19,29H,6-16H2,1-5H3. The van der Waals surface area contributed by atoms with Gasteiger partial charge in [-0.1, -0.05) is 25.0 Å². The summed E-state index contributed by atoms with van der Waals surface area (Å²) in [7, 11) is 1.98.